The molecule has 0 aliphatic rings. The zero-order valence-corrected chi connectivity index (χ0v) is 11.3. The molecule has 17 heavy (non-hydrogen) atoms. The summed E-state index contributed by atoms with van der Waals surface area (Å²) >= 11 is 0. The first-order chi connectivity index (χ1) is 7.99. The van der Waals surface area contributed by atoms with E-state index in [0.717, 1.165) is 17.5 Å². The van der Waals surface area contributed by atoms with Gasteiger partial charge < -0.3 is 10.2 Å². The molecular formula is C15H24O2. The Morgan fingerprint density at radius 3 is 2.00 bits per heavy atom. The van der Waals surface area contributed by atoms with Crippen molar-refractivity contribution in [3.63, 3.8) is 0 Å². The molecule has 0 heterocycles. The molecule has 1 aromatic rings. The van der Waals surface area contributed by atoms with Gasteiger partial charge in [0.15, 0.2) is 0 Å². The smallest absolute Gasteiger partial charge is 0.122 e. The molecule has 2 N–H and O–H groups in total. The van der Waals surface area contributed by atoms with Crippen LogP contribution in [0, 0.1) is 0 Å². The Kier molecular flexibility index (Phi) is 5.01. The molecule has 0 bridgehead atoms. The van der Waals surface area contributed by atoms with Crippen LogP contribution in [0.15, 0.2) is 12.1 Å². The van der Waals surface area contributed by atoms with Gasteiger partial charge in [-0.05, 0) is 41.4 Å². The molecule has 0 amide bonds. The Labute approximate surface area is 104 Å². The molecule has 0 aliphatic heterocycles. The Morgan fingerprint density at radius 2 is 1.53 bits per heavy atom. The van der Waals surface area contributed by atoms with Crippen molar-refractivity contribution in [1.82, 2.24) is 0 Å². The molecule has 1 rings (SSSR count). The van der Waals surface area contributed by atoms with Crippen molar-refractivity contribution >= 4 is 0 Å². The summed E-state index contributed by atoms with van der Waals surface area (Å²) in [5, 5.41) is 19.3. The molecule has 0 fully saturated rings. The first-order valence-electron chi connectivity index (χ1n) is 6.44. The van der Waals surface area contributed by atoms with Crippen molar-refractivity contribution in [1.29, 1.82) is 0 Å². The van der Waals surface area contributed by atoms with Gasteiger partial charge in [0.1, 0.15) is 5.75 Å². The summed E-state index contributed by atoms with van der Waals surface area (Å²) in [4.78, 5) is 0. The number of aliphatic hydroxyl groups excluding tert-OH is 1. The summed E-state index contributed by atoms with van der Waals surface area (Å²) in [7, 11) is 0. The number of hydrogen-bond donors (Lipinski definition) is 2. The van der Waals surface area contributed by atoms with Crippen LogP contribution in [-0.2, 0) is 6.42 Å². The predicted octanol–water partition coefficient (Wildman–Crippen LogP) is 3.56. The highest BCUT2D eigenvalue weighted by Gasteiger charge is 2.15. The Balaban J connectivity index is 3.21. The summed E-state index contributed by atoms with van der Waals surface area (Å²) in [5.41, 5.74) is 3.21. The van der Waals surface area contributed by atoms with Crippen LogP contribution in [0.25, 0.3) is 0 Å². The van der Waals surface area contributed by atoms with E-state index >= 15 is 0 Å². The van der Waals surface area contributed by atoms with E-state index in [2.05, 4.69) is 33.8 Å². The van der Waals surface area contributed by atoms with Gasteiger partial charge in [0, 0.05) is 6.61 Å². The van der Waals surface area contributed by atoms with Crippen LogP contribution < -0.4 is 0 Å². The third-order valence-corrected chi connectivity index (χ3v) is 3.18. The highest BCUT2D eigenvalue weighted by atomic mass is 16.3. The van der Waals surface area contributed by atoms with Gasteiger partial charge in [-0.25, -0.2) is 0 Å². The average Bonchev–Trinajstić information content (AvgIpc) is 2.26. The zero-order valence-electron chi connectivity index (χ0n) is 11.3. The lowest BCUT2D eigenvalue weighted by molar-refractivity contribution is 0.287. The van der Waals surface area contributed by atoms with E-state index in [1.807, 2.05) is 6.07 Å². The lowest BCUT2D eigenvalue weighted by Crippen LogP contribution is -2.02. The number of rotatable bonds is 5. The first kappa shape index (κ1) is 14.0. The molecule has 0 unspecified atom stereocenters. The van der Waals surface area contributed by atoms with Crippen LogP contribution in [-0.4, -0.2) is 16.8 Å². The van der Waals surface area contributed by atoms with E-state index in [9.17, 15) is 5.11 Å². The molecule has 0 aromatic heterocycles. The molecule has 0 radical (unpaired) electrons. The number of phenolic OH excluding ortho intramolecular Hbond substituents is 1. The van der Waals surface area contributed by atoms with E-state index in [4.69, 9.17) is 5.11 Å². The monoisotopic (exact) mass is 236 g/mol. The minimum Gasteiger partial charge on any atom is -0.507 e. The van der Waals surface area contributed by atoms with Crippen molar-refractivity contribution in [3.05, 3.63) is 28.8 Å². The van der Waals surface area contributed by atoms with Gasteiger partial charge in [-0.1, -0.05) is 39.8 Å². The number of phenols is 1. The maximum atomic E-state index is 10.3. The molecule has 0 atom stereocenters. The van der Waals surface area contributed by atoms with Crippen molar-refractivity contribution in [2.75, 3.05) is 6.61 Å². The summed E-state index contributed by atoms with van der Waals surface area (Å²) in [6, 6.07) is 4.14. The summed E-state index contributed by atoms with van der Waals surface area (Å²) in [5.74, 6) is 1.15. The minimum absolute atomic E-state index is 0.170. The molecule has 96 valence electrons. The maximum Gasteiger partial charge on any atom is 0.122 e. The molecule has 0 saturated carbocycles. The van der Waals surface area contributed by atoms with Gasteiger partial charge >= 0.3 is 0 Å². The second-order valence-electron chi connectivity index (χ2n) is 5.21. The van der Waals surface area contributed by atoms with Crippen LogP contribution >= 0.6 is 0 Å². The number of benzene rings is 1. The van der Waals surface area contributed by atoms with E-state index in [1.54, 1.807) is 0 Å². The molecule has 0 aliphatic carbocycles. The van der Waals surface area contributed by atoms with Gasteiger partial charge in [0.2, 0.25) is 0 Å². The molecule has 0 spiro atoms. The SMILES string of the molecule is CC(C)c1ccc(C(C)C)c(CCCO)c1O. The highest BCUT2D eigenvalue weighted by Crippen LogP contribution is 2.35. The third-order valence-electron chi connectivity index (χ3n) is 3.18. The topological polar surface area (TPSA) is 40.5 Å². The van der Waals surface area contributed by atoms with Crippen molar-refractivity contribution in [2.24, 2.45) is 0 Å². The second kappa shape index (κ2) is 6.06. The molecule has 2 heteroatoms. The fourth-order valence-corrected chi connectivity index (χ4v) is 2.20. The summed E-state index contributed by atoms with van der Waals surface area (Å²) < 4.78 is 0. The van der Waals surface area contributed by atoms with Crippen molar-refractivity contribution in [3.8, 4) is 5.75 Å². The third kappa shape index (κ3) is 3.22. The van der Waals surface area contributed by atoms with Crippen molar-refractivity contribution in [2.45, 2.75) is 52.4 Å². The average molecular weight is 236 g/mol. The summed E-state index contributed by atoms with van der Waals surface area (Å²) in [6.45, 7) is 8.60. The van der Waals surface area contributed by atoms with Crippen LogP contribution in [0.1, 0.15) is 62.6 Å². The lowest BCUT2D eigenvalue weighted by atomic mass is 9.89. The second-order valence-corrected chi connectivity index (χ2v) is 5.21. The van der Waals surface area contributed by atoms with Gasteiger partial charge in [0.25, 0.3) is 0 Å². The standard InChI is InChI=1S/C15H24O2/c1-10(2)12-7-8-13(11(3)4)15(17)14(12)6-5-9-16/h7-8,10-11,16-17H,5-6,9H2,1-4H3. The van der Waals surface area contributed by atoms with Gasteiger partial charge in [-0.15, -0.1) is 0 Å². The highest BCUT2D eigenvalue weighted by molar-refractivity contribution is 5.48. The normalized spacial score (nSPS) is 11.5. The minimum atomic E-state index is 0.170. The first-order valence-corrected chi connectivity index (χ1v) is 6.44. The van der Waals surface area contributed by atoms with E-state index in [0.29, 0.717) is 24.0 Å². The van der Waals surface area contributed by atoms with E-state index < -0.39 is 0 Å². The Hall–Kier alpha value is -1.02. The molecule has 0 saturated heterocycles. The van der Waals surface area contributed by atoms with E-state index in [1.165, 1.54) is 5.56 Å². The number of aliphatic hydroxyl groups is 1. The van der Waals surface area contributed by atoms with Gasteiger partial charge in [-0.2, -0.15) is 0 Å². The van der Waals surface area contributed by atoms with Crippen LogP contribution in [0.2, 0.25) is 0 Å². The predicted molar refractivity (Wildman–Crippen MR) is 71.7 cm³/mol. The fraction of sp³-hybridized carbons (Fsp3) is 0.600. The summed E-state index contributed by atoms with van der Waals surface area (Å²) in [6.07, 6.45) is 1.45. The van der Waals surface area contributed by atoms with Gasteiger partial charge in [-0.3, -0.25) is 0 Å². The molecule has 2 nitrogen and oxygen atoms in total. The van der Waals surface area contributed by atoms with Gasteiger partial charge in [0.05, 0.1) is 0 Å². The zero-order chi connectivity index (χ0) is 13.0. The Morgan fingerprint density at radius 1 is 1.00 bits per heavy atom. The molecule has 1 aromatic carbocycles. The largest absolute Gasteiger partial charge is 0.507 e. The number of hydrogen-bond acceptors (Lipinski definition) is 2. The van der Waals surface area contributed by atoms with Crippen molar-refractivity contribution < 1.29 is 10.2 Å². The van der Waals surface area contributed by atoms with E-state index in [-0.39, 0.29) is 6.61 Å². The number of aromatic hydroxyl groups is 1. The van der Waals surface area contributed by atoms with Crippen LogP contribution in [0.4, 0.5) is 0 Å². The van der Waals surface area contributed by atoms with Crippen LogP contribution in [0.5, 0.6) is 5.75 Å². The Bertz CT molecular complexity index is 367. The maximum absolute atomic E-state index is 10.3. The van der Waals surface area contributed by atoms with Crippen LogP contribution in [0.3, 0.4) is 0 Å². The fourth-order valence-electron chi connectivity index (χ4n) is 2.20. The lowest BCUT2D eigenvalue weighted by Gasteiger charge is -2.18. The quantitative estimate of drug-likeness (QED) is 0.820. The molecular weight excluding hydrogens is 212 g/mol.